The fourth-order valence-electron chi connectivity index (χ4n) is 2.99. The summed E-state index contributed by atoms with van der Waals surface area (Å²) in [6.07, 6.45) is 1.67. The number of aliphatic hydroxyl groups is 1. The SMILES string of the molecule is CC(C)(C)C(NC(=O)N1CCC(CO)CC1)c1ccc(F)cc1. The van der Waals surface area contributed by atoms with E-state index in [0.29, 0.717) is 19.0 Å². The fourth-order valence-corrected chi connectivity index (χ4v) is 2.99. The smallest absolute Gasteiger partial charge is 0.317 e. The molecule has 1 unspecified atom stereocenters. The van der Waals surface area contributed by atoms with E-state index >= 15 is 0 Å². The Balaban J connectivity index is 2.06. The van der Waals surface area contributed by atoms with Crippen LogP contribution < -0.4 is 5.32 Å². The van der Waals surface area contributed by atoms with Gasteiger partial charge in [-0.15, -0.1) is 0 Å². The molecular formula is C18H27FN2O2. The van der Waals surface area contributed by atoms with Crippen molar-refractivity contribution >= 4 is 6.03 Å². The molecule has 2 amide bonds. The topological polar surface area (TPSA) is 52.6 Å². The van der Waals surface area contributed by atoms with E-state index < -0.39 is 0 Å². The van der Waals surface area contributed by atoms with Crippen molar-refractivity contribution in [3.05, 3.63) is 35.6 Å². The highest BCUT2D eigenvalue weighted by Gasteiger charge is 2.30. The standard InChI is InChI=1S/C18H27FN2O2/c1-18(2,3)16(14-4-6-15(19)7-5-14)20-17(23)21-10-8-13(12-22)9-11-21/h4-7,13,16,22H,8-12H2,1-3H3,(H,20,23). The van der Waals surface area contributed by atoms with Crippen molar-refractivity contribution in [2.45, 2.75) is 39.7 Å². The first-order valence-electron chi connectivity index (χ1n) is 8.23. The molecule has 4 nitrogen and oxygen atoms in total. The van der Waals surface area contributed by atoms with Gasteiger partial charge in [-0.2, -0.15) is 0 Å². The molecule has 0 aromatic heterocycles. The van der Waals surface area contributed by atoms with Crippen molar-refractivity contribution in [3.8, 4) is 0 Å². The van der Waals surface area contributed by atoms with Crippen LogP contribution in [0, 0.1) is 17.2 Å². The van der Waals surface area contributed by atoms with Gasteiger partial charge in [0.2, 0.25) is 0 Å². The number of amides is 2. The number of nitrogens with one attached hydrogen (secondary N) is 1. The van der Waals surface area contributed by atoms with Crippen LogP contribution in [0.5, 0.6) is 0 Å². The van der Waals surface area contributed by atoms with Crippen LogP contribution >= 0.6 is 0 Å². The van der Waals surface area contributed by atoms with Crippen molar-refractivity contribution < 1.29 is 14.3 Å². The minimum absolute atomic E-state index is 0.0920. The van der Waals surface area contributed by atoms with Gasteiger partial charge in [0.05, 0.1) is 6.04 Å². The monoisotopic (exact) mass is 322 g/mol. The Hall–Kier alpha value is -1.62. The van der Waals surface area contributed by atoms with Crippen molar-refractivity contribution in [3.63, 3.8) is 0 Å². The number of hydrogen-bond acceptors (Lipinski definition) is 2. The molecule has 1 aliphatic heterocycles. The summed E-state index contributed by atoms with van der Waals surface area (Å²) < 4.78 is 13.2. The lowest BCUT2D eigenvalue weighted by Gasteiger charge is -2.36. The first-order chi connectivity index (χ1) is 10.8. The summed E-state index contributed by atoms with van der Waals surface area (Å²) in [6, 6.07) is 6.02. The average molecular weight is 322 g/mol. The lowest BCUT2D eigenvalue weighted by Crippen LogP contribution is -2.48. The Morgan fingerprint density at radius 1 is 1.30 bits per heavy atom. The molecule has 128 valence electrons. The maximum atomic E-state index is 13.2. The van der Waals surface area contributed by atoms with E-state index in [1.54, 1.807) is 17.0 Å². The van der Waals surface area contributed by atoms with Crippen LogP contribution in [0.4, 0.5) is 9.18 Å². The van der Waals surface area contributed by atoms with Gasteiger partial charge in [-0.25, -0.2) is 9.18 Å². The number of hydrogen-bond donors (Lipinski definition) is 2. The third kappa shape index (κ3) is 4.67. The van der Waals surface area contributed by atoms with Crippen molar-refractivity contribution in [2.75, 3.05) is 19.7 Å². The second kappa shape index (κ2) is 7.30. The zero-order valence-electron chi connectivity index (χ0n) is 14.2. The number of halogens is 1. The zero-order chi connectivity index (χ0) is 17.0. The van der Waals surface area contributed by atoms with Crippen LogP contribution in [0.2, 0.25) is 0 Å². The Kier molecular flexibility index (Phi) is 5.63. The number of likely N-dealkylation sites (tertiary alicyclic amines) is 1. The van der Waals surface area contributed by atoms with Gasteiger partial charge in [0, 0.05) is 19.7 Å². The molecule has 1 saturated heterocycles. The molecule has 1 heterocycles. The molecule has 5 heteroatoms. The summed E-state index contributed by atoms with van der Waals surface area (Å²) in [7, 11) is 0. The Labute approximate surface area is 137 Å². The van der Waals surface area contributed by atoms with Gasteiger partial charge in [-0.3, -0.25) is 0 Å². The molecule has 0 bridgehead atoms. The lowest BCUT2D eigenvalue weighted by atomic mass is 9.82. The van der Waals surface area contributed by atoms with Crippen molar-refractivity contribution in [1.29, 1.82) is 0 Å². The third-order valence-electron chi connectivity index (χ3n) is 4.50. The highest BCUT2D eigenvalue weighted by Crippen LogP contribution is 2.33. The van der Waals surface area contributed by atoms with Gasteiger partial charge >= 0.3 is 6.03 Å². The number of rotatable bonds is 3. The van der Waals surface area contributed by atoms with E-state index in [1.165, 1.54) is 12.1 Å². The van der Waals surface area contributed by atoms with Crippen LogP contribution in [0.25, 0.3) is 0 Å². The van der Waals surface area contributed by atoms with Gasteiger partial charge in [-0.05, 0) is 41.9 Å². The molecule has 1 aromatic carbocycles. The van der Waals surface area contributed by atoms with E-state index in [1.807, 2.05) is 0 Å². The quantitative estimate of drug-likeness (QED) is 0.897. The normalized spacial score (nSPS) is 17.9. The third-order valence-corrected chi connectivity index (χ3v) is 4.50. The lowest BCUT2D eigenvalue weighted by molar-refractivity contribution is 0.131. The maximum absolute atomic E-state index is 13.2. The van der Waals surface area contributed by atoms with Gasteiger partial charge in [0.1, 0.15) is 5.82 Å². The Morgan fingerprint density at radius 2 is 1.87 bits per heavy atom. The second-order valence-electron chi connectivity index (χ2n) is 7.41. The summed E-state index contributed by atoms with van der Waals surface area (Å²) in [5.74, 6) is 0.0216. The number of carbonyl (C=O) groups excluding carboxylic acids is 1. The number of carbonyl (C=O) groups is 1. The predicted molar refractivity (Wildman–Crippen MR) is 88.5 cm³/mol. The maximum Gasteiger partial charge on any atom is 0.317 e. The van der Waals surface area contributed by atoms with E-state index in [-0.39, 0.29) is 29.9 Å². The van der Waals surface area contributed by atoms with Crippen molar-refractivity contribution in [1.82, 2.24) is 10.2 Å². The van der Waals surface area contributed by atoms with E-state index in [0.717, 1.165) is 18.4 Å². The van der Waals surface area contributed by atoms with E-state index in [4.69, 9.17) is 0 Å². The molecular weight excluding hydrogens is 295 g/mol. The number of benzene rings is 1. The number of aliphatic hydroxyl groups excluding tert-OH is 1. The van der Waals surface area contributed by atoms with Crippen LogP contribution in [-0.4, -0.2) is 35.7 Å². The van der Waals surface area contributed by atoms with Crippen LogP contribution in [0.15, 0.2) is 24.3 Å². The molecule has 1 aliphatic rings. The Morgan fingerprint density at radius 3 is 2.35 bits per heavy atom. The summed E-state index contributed by atoms with van der Waals surface area (Å²) in [5.41, 5.74) is 0.717. The van der Waals surface area contributed by atoms with Crippen molar-refractivity contribution in [2.24, 2.45) is 11.3 Å². The summed E-state index contributed by atoms with van der Waals surface area (Å²) in [6.45, 7) is 7.68. The highest BCUT2D eigenvalue weighted by molar-refractivity contribution is 5.75. The van der Waals surface area contributed by atoms with E-state index in [2.05, 4.69) is 26.1 Å². The molecule has 0 aliphatic carbocycles. The highest BCUT2D eigenvalue weighted by atomic mass is 19.1. The first kappa shape index (κ1) is 17.7. The van der Waals surface area contributed by atoms with Gasteiger partial charge in [0.15, 0.2) is 0 Å². The molecule has 2 N–H and O–H groups in total. The van der Waals surface area contributed by atoms with Crippen LogP contribution in [-0.2, 0) is 0 Å². The number of piperidine rings is 1. The summed E-state index contributed by atoms with van der Waals surface area (Å²) in [5, 5.41) is 12.3. The average Bonchev–Trinajstić information content (AvgIpc) is 2.52. The fraction of sp³-hybridized carbons (Fsp3) is 0.611. The Bertz CT molecular complexity index is 517. The molecule has 0 spiro atoms. The molecule has 1 fully saturated rings. The molecule has 0 radical (unpaired) electrons. The minimum Gasteiger partial charge on any atom is -0.396 e. The zero-order valence-corrected chi connectivity index (χ0v) is 14.2. The summed E-state index contributed by atoms with van der Waals surface area (Å²) >= 11 is 0. The molecule has 2 rings (SSSR count). The molecule has 0 saturated carbocycles. The molecule has 23 heavy (non-hydrogen) atoms. The first-order valence-corrected chi connectivity index (χ1v) is 8.23. The van der Waals surface area contributed by atoms with Gasteiger partial charge in [-0.1, -0.05) is 32.9 Å². The predicted octanol–water partition coefficient (Wildman–Crippen LogP) is 3.33. The largest absolute Gasteiger partial charge is 0.396 e. The summed E-state index contributed by atoms with van der Waals surface area (Å²) in [4.78, 5) is 14.4. The number of nitrogens with zero attached hydrogens (tertiary/aromatic N) is 1. The van der Waals surface area contributed by atoms with Gasteiger partial charge < -0.3 is 15.3 Å². The van der Waals surface area contributed by atoms with Gasteiger partial charge in [0.25, 0.3) is 0 Å². The van der Waals surface area contributed by atoms with E-state index in [9.17, 15) is 14.3 Å². The second-order valence-corrected chi connectivity index (χ2v) is 7.41. The molecule has 1 atom stereocenters. The minimum atomic E-state index is -0.279. The molecule has 1 aromatic rings. The van der Waals surface area contributed by atoms with Crippen LogP contribution in [0.3, 0.4) is 0 Å². The van der Waals surface area contributed by atoms with Crippen LogP contribution in [0.1, 0.15) is 45.2 Å². The number of urea groups is 1.